The lowest BCUT2D eigenvalue weighted by Gasteiger charge is -2.49. The molecule has 0 bridgehead atoms. The number of hydrogen-bond donors (Lipinski definition) is 1. The molecule has 2 aromatic carbocycles. The number of aromatic hydroxyl groups is 1. The molecule has 3 heterocycles. The molecule has 2 aliphatic rings. The quantitative estimate of drug-likeness (QED) is 0.234. The summed E-state index contributed by atoms with van der Waals surface area (Å²) < 4.78 is 40.9. The number of piperidine rings is 2. The van der Waals surface area contributed by atoms with Crippen molar-refractivity contribution in [3.63, 3.8) is 0 Å². The van der Waals surface area contributed by atoms with Gasteiger partial charge in [0.05, 0.1) is 22.4 Å². The molecular weight excluding hydrogens is 613 g/mol. The normalized spacial score (nSPS) is 18.8. The van der Waals surface area contributed by atoms with Gasteiger partial charge in [0.2, 0.25) is 0 Å². The summed E-state index contributed by atoms with van der Waals surface area (Å²) in [6, 6.07) is 11.4. The zero-order valence-electron chi connectivity index (χ0n) is 23.6. The predicted octanol–water partition coefficient (Wildman–Crippen LogP) is 6.87. The molecule has 5 rings (SSSR count). The molecule has 0 spiro atoms. The molecule has 7 nitrogen and oxygen atoms in total. The lowest BCUT2D eigenvalue weighted by Crippen LogP contribution is -2.56. The van der Waals surface area contributed by atoms with Crippen molar-refractivity contribution < 1.29 is 27.9 Å². The van der Waals surface area contributed by atoms with Crippen LogP contribution in [-0.2, 0) is 11.0 Å². The fourth-order valence-corrected chi connectivity index (χ4v) is 6.27. The number of fused-ring (bicyclic) bond motifs is 1. The zero-order chi connectivity index (χ0) is 30.1. The van der Waals surface area contributed by atoms with Gasteiger partial charge >= 0.3 is 6.18 Å². The highest BCUT2D eigenvalue weighted by atomic mass is 79.9. The SMILES string of the molecule is CCO/N=C(/c1ccc(Br)cc1)C1CCN(C2(C)CCN(C(=O)c3cnc4cc(O)c(C(F)(F)F)cc4c3)CC2)CC1. The van der Waals surface area contributed by atoms with E-state index in [0.29, 0.717) is 25.6 Å². The summed E-state index contributed by atoms with van der Waals surface area (Å²) in [7, 11) is 0. The van der Waals surface area contributed by atoms with Crippen LogP contribution in [-0.4, -0.2) is 69.8 Å². The van der Waals surface area contributed by atoms with Crippen LogP contribution in [0.3, 0.4) is 0 Å². The van der Waals surface area contributed by atoms with Crippen LogP contribution < -0.4 is 0 Å². The Morgan fingerprint density at radius 3 is 2.38 bits per heavy atom. The van der Waals surface area contributed by atoms with Crippen molar-refractivity contribution in [2.24, 2.45) is 11.1 Å². The minimum absolute atomic E-state index is 0.0582. The molecule has 0 aliphatic carbocycles. The van der Waals surface area contributed by atoms with Gasteiger partial charge in [-0.3, -0.25) is 14.7 Å². The van der Waals surface area contributed by atoms with Gasteiger partial charge < -0.3 is 14.8 Å². The number of nitrogens with zero attached hydrogens (tertiary/aromatic N) is 4. The number of carbonyl (C=O) groups is 1. The van der Waals surface area contributed by atoms with Gasteiger partial charge in [-0.2, -0.15) is 13.2 Å². The van der Waals surface area contributed by atoms with Crippen molar-refractivity contribution in [3.8, 4) is 5.75 Å². The number of alkyl halides is 3. The maximum atomic E-state index is 13.3. The van der Waals surface area contributed by atoms with Gasteiger partial charge in [-0.15, -0.1) is 0 Å². The molecule has 224 valence electrons. The van der Waals surface area contributed by atoms with E-state index in [4.69, 9.17) is 4.84 Å². The van der Waals surface area contributed by atoms with Crippen molar-refractivity contribution in [1.29, 1.82) is 0 Å². The topological polar surface area (TPSA) is 78.3 Å². The van der Waals surface area contributed by atoms with E-state index in [1.54, 1.807) is 4.90 Å². The van der Waals surface area contributed by atoms with Gasteiger partial charge in [-0.25, -0.2) is 0 Å². The lowest BCUT2D eigenvalue weighted by atomic mass is 9.82. The number of pyridine rings is 1. The Kier molecular flexibility index (Phi) is 8.80. The number of aromatic nitrogens is 1. The van der Waals surface area contributed by atoms with E-state index in [-0.39, 0.29) is 27.9 Å². The first-order chi connectivity index (χ1) is 20.0. The van der Waals surface area contributed by atoms with Gasteiger partial charge in [-0.05, 0) is 82.4 Å². The third-order valence-electron chi connectivity index (χ3n) is 8.56. The molecule has 1 N–H and O–H groups in total. The molecule has 0 saturated carbocycles. The van der Waals surface area contributed by atoms with Crippen molar-refractivity contribution in [3.05, 3.63) is 69.8 Å². The monoisotopic (exact) mass is 646 g/mol. The third kappa shape index (κ3) is 6.41. The van der Waals surface area contributed by atoms with Gasteiger partial charge in [-0.1, -0.05) is 33.2 Å². The Balaban J connectivity index is 1.22. The molecule has 42 heavy (non-hydrogen) atoms. The van der Waals surface area contributed by atoms with E-state index in [9.17, 15) is 23.1 Å². The number of amides is 1. The van der Waals surface area contributed by atoms with Crippen LogP contribution in [0.1, 0.15) is 61.0 Å². The second kappa shape index (κ2) is 12.2. The summed E-state index contributed by atoms with van der Waals surface area (Å²) in [5.74, 6) is -0.843. The van der Waals surface area contributed by atoms with E-state index in [1.807, 2.05) is 19.1 Å². The van der Waals surface area contributed by atoms with Crippen LogP contribution in [0.4, 0.5) is 13.2 Å². The number of benzene rings is 2. The van der Waals surface area contributed by atoms with E-state index in [0.717, 1.165) is 66.7 Å². The first-order valence-corrected chi connectivity index (χ1v) is 15.0. The molecule has 2 saturated heterocycles. The molecule has 0 radical (unpaired) electrons. The summed E-state index contributed by atoms with van der Waals surface area (Å²) in [4.78, 5) is 27.2. The highest BCUT2D eigenvalue weighted by Crippen LogP contribution is 2.38. The molecule has 1 amide bonds. The summed E-state index contributed by atoms with van der Waals surface area (Å²) in [5, 5.41) is 14.4. The molecule has 0 unspecified atom stereocenters. The number of rotatable bonds is 6. The smallest absolute Gasteiger partial charge is 0.419 e. The first kappa shape index (κ1) is 30.3. The van der Waals surface area contributed by atoms with Gasteiger partial charge in [0.15, 0.2) is 0 Å². The number of oxime groups is 1. The van der Waals surface area contributed by atoms with Crippen LogP contribution in [0.25, 0.3) is 10.9 Å². The largest absolute Gasteiger partial charge is 0.507 e. The standard InChI is InChI=1S/C31H34BrF3N4O3/c1-3-42-37-28(20-4-6-24(32)7-5-20)21-8-12-39(13-9-21)30(2)10-14-38(15-11-30)29(41)23-16-22-17-25(31(33,34)35)27(40)18-26(22)36-19-23/h4-7,16-19,21,40H,3,8-15H2,1-2H3/b37-28-. The first-order valence-electron chi connectivity index (χ1n) is 14.2. The van der Waals surface area contributed by atoms with Crippen molar-refractivity contribution >= 4 is 38.5 Å². The van der Waals surface area contributed by atoms with Crippen LogP contribution in [0.15, 0.2) is 58.3 Å². The Labute approximate surface area is 251 Å². The number of phenols is 1. The lowest BCUT2D eigenvalue weighted by molar-refractivity contribution is -0.138. The van der Waals surface area contributed by atoms with Crippen LogP contribution >= 0.6 is 15.9 Å². The Bertz CT molecular complexity index is 1460. The molecule has 1 aromatic heterocycles. The average molecular weight is 648 g/mol. The van der Waals surface area contributed by atoms with E-state index in [1.165, 1.54) is 12.3 Å². The molecule has 0 atom stereocenters. The summed E-state index contributed by atoms with van der Waals surface area (Å²) >= 11 is 3.50. The molecule has 11 heteroatoms. The predicted molar refractivity (Wildman–Crippen MR) is 159 cm³/mol. The second-order valence-corrected chi connectivity index (χ2v) is 12.2. The fraction of sp³-hybridized carbons (Fsp3) is 0.452. The Morgan fingerprint density at radius 1 is 1.10 bits per heavy atom. The Morgan fingerprint density at radius 2 is 1.76 bits per heavy atom. The molecule has 2 fully saturated rings. The highest BCUT2D eigenvalue weighted by Gasteiger charge is 2.39. The highest BCUT2D eigenvalue weighted by molar-refractivity contribution is 9.10. The summed E-state index contributed by atoms with van der Waals surface area (Å²) in [5.41, 5.74) is 1.28. The number of carbonyl (C=O) groups excluding carboxylic acids is 1. The van der Waals surface area contributed by atoms with E-state index < -0.39 is 17.5 Å². The molecular formula is C31H34BrF3N4O3. The number of likely N-dealkylation sites (tertiary alicyclic amines) is 2. The van der Waals surface area contributed by atoms with Gasteiger partial charge in [0.25, 0.3) is 5.91 Å². The van der Waals surface area contributed by atoms with Gasteiger partial charge in [0.1, 0.15) is 12.4 Å². The summed E-state index contributed by atoms with van der Waals surface area (Å²) in [6.45, 7) is 7.62. The van der Waals surface area contributed by atoms with Crippen molar-refractivity contribution in [1.82, 2.24) is 14.8 Å². The van der Waals surface area contributed by atoms with Gasteiger partial charge in [0, 0.05) is 46.7 Å². The maximum Gasteiger partial charge on any atom is 0.419 e. The fourth-order valence-electron chi connectivity index (χ4n) is 6.01. The number of phenolic OH excluding ortho intramolecular Hbond substituents is 1. The van der Waals surface area contributed by atoms with Crippen molar-refractivity contribution in [2.45, 2.75) is 51.2 Å². The van der Waals surface area contributed by atoms with Crippen LogP contribution in [0, 0.1) is 5.92 Å². The Hall–Kier alpha value is -3.18. The van der Waals surface area contributed by atoms with Crippen molar-refractivity contribution in [2.75, 3.05) is 32.8 Å². The molecule has 3 aromatic rings. The van der Waals surface area contributed by atoms with E-state index >= 15 is 0 Å². The maximum absolute atomic E-state index is 13.3. The third-order valence-corrected chi connectivity index (χ3v) is 9.08. The minimum Gasteiger partial charge on any atom is -0.507 e. The number of halogens is 4. The summed E-state index contributed by atoms with van der Waals surface area (Å²) in [6.07, 6.45) is 0.159. The van der Waals surface area contributed by atoms with E-state index in [2.05, 4.69) is 50.0 Å². The average Bonchev–Trinajstić information content (AvgIpc) is 2.97. The number of hydrogen-bond acceptors (Lipinski definition) is 6. The second-order valence-electron chi connectivity index (χ2n) is 11.2. The van der Waals surface area contributed by atoms with Crippen LogP contribution in [0.5, 0.6) is 5.75 Å². The molecule has 2 aliphatic heterocycles. The van der Waals surface area contributed by atoms with Crippen LogP contribution in [0.2, 0.25) is 0 Å². The minimum atomic E-state index is -4.71. The zero-order valence-corrected chi connectivity index (χ0v) is 25.2.